The van der Waals surface area contributed by atoms with E-state index in [1.165, 1.54) is 6.07 Å². The van der Waals surface area contributed by atoms with E-state index in [0.29, 0.717) is 60.8 Å². The summed E-state index contributed by atoms with van der Waals surface area (Å²) in [6.45, 7) is 3.65. The molecular formula is C28H29F3N8O3. The highest BCUT2D eigenvalue weighted by Crippen LogP contribution is 2.35. The number of amides is 2. The lowest BCUT2D eigenvalue weighted by Gasteiger charge is -2.29. The highest BCUT2D eigenvalue weighted by atomic mass is 19.4. The number of nitrogens with one attached hydrogen (secondary N) is 3. The first-order valence-corrected chi connectivity index (χ1v) is 13.2. The minimum Gasteiger partial charge on any atom is -0.392 e. The summed E-state index contributed by atoms with van der Waals surface area (Å²) in [5.74, 6) is 1.40. The number of hydrogen-bond acceptors (Lipinski definition) is 8. The van der Waals surface area contributed by atoms with Crippen molar-refractivity contribution in [3.05, 3.63) is 72.7 Å². The Morgan fingerprint density at radius 2 is 1.83 bits per heavy atom. The maximum absolute atomic E-state index is 13.6. The predicted molar refractivity (Wildman–Crippen MR) is 152 cm³/mol. The molecule has 14 heteroatoms. The Balaban J connectivity index is 1.33. The van der Waals surface area contributed by atoms with Gasteiger partial charge >= 0.3 is 12.2 Å². The second kappa shape index (κ2) is 12.4. The summed E-state index contributed by atoms with van der Waals surface area (Å²) in [7, 11) is 0. The van der Waals surface area contributed by atoms with E-state index in [1.54, 1.807) is 65.3 Å². The molecule has 0 bridgehead atoms. The lowest BCUT2D eigenvalue weighted by molar-refractivity contribution is -0.137. The number of ether oxygens (including phenoxy) is 1. The zero-order valence-corrected chi connectivity index (χ0v) is 22.6. The standard InChI is InChI=1S/C28H29F3N8O3/c1-18(40)17-34-26-33-6-5-24(37-26)39-8-7-32-25(39)19-3-2-4-21(13-19)35-27(41)36-22-14-20(28(29,30)31)15-23(16-22)38-9-11-42-12-10-38/h2-8,13-16,18,40H,9-12,17H2,1H3,(H,33,34,37)(H2,35,36,41). The van der Waals surface area contributed by atoms with Crippen LogP contribution in [0, 0.1) is 0 Å². The average Bonchev–Trinajstić information content (AvgIpc) is 3.46. The quantitative estimate of drug-likeness (QED) is 0.237. The Morgan fingerprint density at radius 3 is 2.60 bits per heavy atom. The number of rotatable bonds is 8. The summed E-state index contributed by atoms with van der Waals surface area (Å²) < 4.78 is 47.9. The van der Waals surface area contributed by atoms with Crippen LogP contribution in [0.4, 0.5) is 41.0 Å². The third-order valence-corrected chi connectivity index (χ3v) is 6.34. The molecule has 1 aliphatic heterocycles. The normalized spacial score (nSPS) is 14.4. The first-order valence-electron chi connectivity index (χ1n) is 13.2. The van der Waals surface area contributed by atoms with Crippen molar-refractivity contribution in [3.8, 4) is 17.2 Å². The number of morpholine rings is 1. The number of carbonyl (C=O) groups excluding carboxylic acids is 1. The zero-order chi connectivity index (χ0) is 29.7. The number of aliphatic hydroxyl groups excluding tert-OH is 1. The van der Waals surface area contributed by atoms with E-state index in [-0.39, 0.29) is 12.2 Å². The summed E-state index contributed by atoms with van der Waals surface area (Å²) in [5, 5.41) is 17.7. The number of benzene rings is 2. The van der Waals surface area contributed by atoms with Crippen molar-refractivity contribution in [2.24, 2.45) is 0 Å². The van der Waals surface area contributed by atoms with Gasteiger partial charge in [-0.15, -0.1) is 0 Å². The van der Waals surface area contributed by atoms with E-state index in [9.17, 15) is 23.1 Å². The van der Waals surface area contributed by atoms with Crippen LogP contribution in [0.1, 0.15) is 12.5 Å². The van der Waals surface area contributed by atoms with Crippen LogP contribution < -0.4 is 20.9 Å². The van der Waals surface area contributed by atoms with Crippen molar-refractivity contribution >= 4 is 29.0 Å². The lowest BCUT2D eigenvalue weighted by atomic mass is 10.1. The summed E-state index contributed by atoms with van der Waals surface area (Å²) >= 11 is 0. The summed E-state index contributed by atoms with van der Waals surface area (Å²) in [6.07, 6.45) is -0.246. The molecule has 3 heterocycles. The zero-order valence-electron chi connectivity index (χ0n) is 22.6. The molecule has 5 rings (SSSR count). The molecule has 1 fully saturated rings. The van der Waals surface area contributed by atoms with Gasteiger partial charge in [-0.3, -0.25) is 4.57 Å². The van der Waals surface area contributed by atoms with Gasteiger partial charge in [-0.05, 0) is 43.3 Å². The van der Waals surface area contributed by atoms with Crippen LogP contribution in [0.2, 0.25) is 0 Å². The smallest absolute Gasteiger partial charge is 0.392 e. The van der Waals surface area contributed by atoms with Crippen LogP contribution >= 0.6 is 0 Å². The van der Waals surface area contributed by atoms with E-state index >= 15 is 0 Å². The molecule has 2 amide bonds. The fourth-order valence-electron chi connectivity index (χ4n) is 4.39. The van der Waals surface area contributed by atoms with Gasteiger partial charge in [0.05, 0.1) is 24.9 Å². The third-order valence-electron chi connectivity index (χ3n) is 6.34. The van der Waals surface area contributed by atoms with Crippen LogP contribution in [-0.4, -0.2) is 69.6 Å². The summed E-state index contributed by atoms with van der Waals surface area (Å²) in [5.41, 5.74) is 0.570. The molecule has 0 spiro atoms. The molecule has 1 unspecified atom stereocenters. The minimum atomic E-state index is -4.58. The van der Waals surface area contributed by atoms with Crippen LogP contribution in [-0.2, 0) is 10.9 Å². The van der Waals surface area contributed by atoms with Crippen LogP contribution in [0.15, 0.2) is 67.1 Å². The fourth-order valence-corrected chi connectivity index (χ4v) is 4.39. The molecular weight excluding hydrogens is 553 g/mol. The number of anilines is 4. The largest absolute Gasteiger partial charge is 0.416 e. The molecule has 42 heavy (non-hydrogen) atoms. The SMILES string of the molecule is CC(O)CNc1nccc(-n2ccnc2-c2cccc(NC(=O)Nc3cc(N4CCOCC4)cc(C(F)(F)F)c3)c2)n1. The molecule has 1 saturated heterocycles. The van der Waals surface area contributed by atoms with Crippen LogP contribution in [0.3, 0.4) is 0 Å². The van der Waals surface area contributed by atoms with Crippen LogP contribution in [0.25, 0.3) is 17.2 Å². The number of hydrogen-bond donors (Lipinski definition) is 4. The molecule has 0 radical (unpaired) electrons. The summed E-state index contributed by atoms with van der Waals surface area (Å²) in [6, 6.07) is 11.4. The number of carbonyl (C=O) groups is 1. The van der Waals surface area contributed by atoms with Crippen LogP contribution in [0.5, 0.6) is 0 Å². The minimum absolute atomic E-state index is 0.0132. The van der Waals surface area contributed by atoms with E-state index in [4.69, 9.17) is 4.74 Å². The molecule has 1 aliphatic rings. The van der Waals surface area contributed by atoms with E-state index in [2.05, 4.69) is 30.9 Å². The highest BCUT2D eigenvalue weighted by Gasteiger charge is 2.32. The lowest BCUT2D eigenvalue weighted by Crippen LogP contribution is -2.36. The number of nitrogens with zero attached hydrogens (tertiary/aromatic N) is 5. The number of urea groups is 1. The number of aromatic nitrogens is 4. The van der Waals surface area contributed by atoms with Gasteiger partial charge in [-0.1, -0.05) is 12.1 Å². The Morgan fingerprint density at radius 1 is 1.05 bits per heavy atom. The molecule has 1 atom stereocenters. The van der Waals surface area contributed by atoms with Crippen molar-refractivity contribution in [1.82, 2.24) is 19.5 Å². The predicted octanol–water partition coefficient (Wildman–Crippen LogP) is 4.62. The van der Waals surface area contributed by atoms with Crippen molar-refractivity contribution < 1.29 is 27.8 Å². The maximum Gasteiger partial charge on any atom is 0.416 e. The van der Waals surface area contributed by atoms with Gasteiger partial charge in [0.2, 0.25) is 5.95 Å². The van der Waals surface area contributed by atoms with Gasteiger partial charge in [0.25, 0.3) is 0 Å². The van der Waals surface area contributed by atoms with Gasteiger partial charge in [-0.25, -0.2) is 14.8 Å². The van der Waals surface area contributed by atoms with Gasteiger partial charge in [0, 0.05) is 60.9 Å². The van der Waals surface area contributed by atoms with Crippen molar-refractivity contribution in [3.63, 3.8) is 0 Å². The monoisotopic (exact) mass is 582 g/mol. The Kier molecular flexibility index (Phi) is 8.54. The Hall–Kier alpha value is -4.69. The van der Waals surface area contributed by atoms with Crippen molar-refractivity contribution in [2.45, 2.75) is 19.2 Å². The fraction of sp³-hybridized carbons (Fsp3) is 0.286. The van der Waals surface area contributed by atoms with E-state index in [1.807, 2.05) is 0 Å². The first-order chi connectivity index (χ1) is 20.2. The molecule has 2 aromatic heterocycles. The Labute approximate surface area is 239 Å². The Bertz CT molecular complexity index is 1540. The molecule has 4 aromatic rings. The highest BCUT2D eigenvalue weighted by molar-refractivity contribution is 6.00. The number of imidazole rings is 1. The van der Waals surface area contributed by atoms with Gasteiger partial charge in [0.1, 0.15) is 11.6 Å². The van der Waals surface area contributed by atoms with Gasteiger partial charge < -0.3 is 30.7 Å². The summed E-state index contributed by atoms with van der Waals surface area (Å²) in [4.78, 5) is 27.7. The average molecular weight is 583 g/mol. The van der Waals surface area contributed by atoms with Gasteiger partial charge in [0.15, 0.2) is 0 Å². The topological polar surface area (TPSA) is 129 Å². The van der Waals surface area contributed by atoms with Gasteiger partial charge in [-0.2, -0.15) is 18.2 Å². The number of halogens is 3. The molecule has 2 aromatic carbocycles. The number of aliphatic hydroxyl groups is 1. The molecule has 0 saturated carbocycles. The molecule has 0 aliphatic carbocycles. The number of alkyl halides is 3. The second-order valence-electron chi connectivity index (χ2n) is 9.61. The first kappa shape index (κ1) is 28.8. The second-order valence-corrected chi connectivity index (χ2v) is 9.61. The molecule has 220 valence electrons. The van der Waals surface area contributed by atoms with E-state index < -0.39 is 23.9 Å². The maximum atomic E-state index is 13.6. The molecule has 4 N–H and O–H groups in total. The molecule has 11 nitrogen and oxygen atoms in total. The van der Waals surface area contributed by atoms with Crippen molar-refractivity contribution in [2.75, 3.05) is 53.7 Å². The van der Waals surface area contributed by atoms with Crippen molar-refractivity contribution in [1.29, 1.82) is 0 Å². The van der Waals surface area contributed by atoms with E-state index in [0.717, 1.165) is 12.1 Å². The third kappa shape index (κ3) is 7.14.